The van der Waals surface area contributed by atoms with Crippen LogP contribution in [-0.2, 0) is 0 Å². The van der Waals surface area contributed by atoms with Crippen LogP contribution >= 0.6 is 11.6 Å². The summed E-state index contributed by atoms with van der Waals surface area (Å²) in [6, 6.07) is 7.93. The van der Waals surface area contributed by atoms with Crippen LogP contribution in [0.25, 0.3) is 0 Å². The van der Waals surface area contributed by atoms with Gasteiger partial charge in [0.2, 0.25) is 5.88 Å². The fraction of sp³-hybridized carbons (Fsp3) is 0.286. The lowest BCUT2D eigenvalue weighted by atomic mass is 10.0. The third-order valence-electron chi connectivity index (χ3n) is 2.72. The van der Waals surface area contributed by atoms with Gasteiger partial charge in [-0.1, -0.05) is 43.6 Å². The average Bonchev–Trinajstić information content (AvgIpc) is 2.35. The molecule has 0 fully saturated rings. The van der Waals surface area contributed by atoms with Crippen LogP contribution in [0.5, 0.6) is 11.6 Å². The Morgan fingerprint density at radius 3 is 2.61 bits per heavy atom. The Bertz CT molecular complexity index is 555. The van der Waals surface area contributed by atoms with Crippen LogP contribution in [0, 0.1) is 6.92 Å². The molecule has 18 heavy (non-hydrogen) atoms. The van der Waals surface area contributed by atoms with E-state index in [1.807, 2.05) is 25.1 Å². The van der Waals surface area contributed by atoms with Crippen molar-refractivity contribution in [1.29, 1.82) is 0 Å². The predicted molar refractivity (Wildman–Crippen MR) is 72.4 cm³/mol. The fourth-order valence-corrected chi connectivity index (χ4v) is 1.80. The van der Waals surface area contributed by atoms with Crippen molar-refractivity contribution in [2.75, 3.05) is 0 Å². The summed E-state index contributed by atoms with van der Waals surface area (Å²) in [7, 11) is 0. The van der Waals surface area contributed by atoms with E-state index in [0.29, 0.717) is 17.0 Å². The minimum atomic E-state index is 0.388. The smallest absolute Gasteiger partial charge is 0.226 e. The van der Waals surface area contributed by atoms with Crippen LogP contribution in [0.3, 0.4) is 0 Å². The molecule has 2 rings (SSSR count). The third kappa shape index (κ3) is 2.62. The van der Waals surface area contributed by atoms with Gasteiger partial charge in [-0.2, -0.15) is 0 Å². The maximum atomic E-state index is 5.95. The Balaban J connectivity index is 2.37. The molecule has 3 nitrogen and oxygen atoms in total. The molecular formula is C14H15ClN2O. The van der Waals surface area contributed by atoms with Crippen molar-refractivity contribution in [2.45, 2.75) is 26.7 Å². The molecule has 0 saturated heterocycles. The van der Waals surface area contributed by atoms with E-state index in [0.717, 1.165) is 16.9 Å². The highest BCUT2D eigenvalue weighted by atomic mass is 35.5. The lowest BCUT2D eigenvalue weighted by molar-refractivity contribution is 0.449. The number of nitrogens with zero attached hydrogens (tertiary/aromatic N) is 2. The number of hydrogen-bond acceptors (Lipinski definition) is 3. The zero-order valence-electron chi connectivity index (χ0n) is 10.6. The molecule has 0 aliphatic heterocycles. The lowest BCUT2D eigenvalue weighted by Crippen LogP contribution is -1.97. The molecule has 0 bridgehead atoms. The molecule has 0 saturated carbocycles. The van der Waals surface area contributed by atoms with E-state index >= 15 is 0 Å². The Hall–Kier alpha value is -1.61. The highest BCUT2D eigenvalue weighted by molar-refractivity contribution is 6.30. The number of aromatic nitrogens is 2. The van der Waals surface area contributed by atoms with Gasteiger partial charge in [0.1, 0.15) is 17.2 Å². The molecule has 94 valence electrons. The molecule has 4 heteroatoms. The van der Waals surface area contributed by atoms with E-state index in [1.165, 1.54) is 6.33 Å². The minimum Gasteiger partial charge on any atom is -0.438 e. The first-order valence-electron chi connectivity index (χ1n) is 5.83. The van der Waals surface area contributed by atoms with Gasteiger partial charge in [0.15, 0.2) is 0 Å². The van der Waals surface area contributed by atoms with E-state index in [4.69, 9.17) is 16.3 Å². The zero-order chi connectivity index (χ0) is 13.1. The van der Waals surface area contributed by atoms with Crippen LogP contribution in [-0.4, -0.2) is 9.97 Å². The molecule has 1 aromatic heterocycles. The second-order valence-corrected chi connectivity index (χ2v) is 4.75. The molecule has 0 N–H and O–H groups in total. The van der Waals surface area contributed by atoms with E-state index in [1.54, 1.807) is 0 Å². The normalized spacial score (nSPS) is 10.7. The van der Waals surface area contributed by atoms with Gasteiger partial charge in [-0.3, -0.25) is 0 Å². The molecule has 0 amide bonds. The fourth-order valence-electron chi connectivity index (χ4n) is 1.67. The highest BCUT2D eigenvalue weighted by Gasteiger charge is 2.11. The van der Waals surface area contributed by atoms with Crippen LogP contribution < -0.4 is 4.74 Å². The number of halogens is 1. The van der Waals surface area contributed by atoms with Crippen LogP contribution in [0.2, 0.25) is 5.15 Å². The number of benzene rings is 1. The van der Waals surface area contributed by atoms with Gasteiger partial charge in [0.25, 0.3) is 0 Å². The summed E-state index contributed by atoms with van der Waals surface area (Å²) >= 11 is 5.95. The summed E-state index contributed by atoms with van der Waals surface area (Å²) in [6.45, 7) is 6.10. The Morgan fingerprint density at radius 1 is 1.17 bits per heavy atom. The molecule has 0 radical (unpaired) electrons. The molecule has 0 spiro atoms. The van der Waals surface area contributed by atoms with Gasteiger partial charge in [0.05, 0.1) is 0 Å². The molecule has 0 aliphatic rings. The van der Waals surface area contributed by atoms with Gasteiger partial charge in [0, 0.05) is 5.56 Å². The van der Waals surface area contributed by atoms with Crippen molar-refractivity contribution in [3.8, 4) is 11.6 Å². The van der Waals surface area contributed by atoms with Crippen molar-refractivity contribution in [3.63, 3.8) is 0 Å². The molecule has 0 unspecified atom stereocenters. The maximum absolute atomic E-state index is 5.95. The Morgan fingerprint density at radius 2 is 1.89 bits per heavy atom. The first-order valence-corrected chi connectivity index (χ1v) is 6.21. The Labute approximate surface area is 112 Å². The molecule has 1 heterocycles. The summed E-state index contributed by atoms with van der Waals surface area (Å²) in [5.41, 5.74) is 1.89. The number of rotatable bonds is 3. The summed E-state index contributed by atoms with van der Waals surface area (Å²) in [6.07, 6.45) is 1.41. The minimum absolute atomic E-state index is 0.388. The highest BCUT2D eigenvalue weighted by Crippen LogP contribution is 2.31. The van der Waals surface area contributed by atoms with Gasteiger partial charge in [-0.15, -0.1) is 0 Å². The van der Waals surface area contributed by atoms with Gasteiger partial charge in [-0.25, -0.2) is 9.97 Å². The largest absolute Gasteiger partial charge is 0.438 e. The summed E-state index contributed by atoms with van der Waals surface area (Å²) in [5, 5.41) is 0.419. The molecule has 2 aromatic rings. The topological polar surface area (TPSA) is 35.0 Å². The van der Waals surface area contributed by atoms with Crippen LogP contribution in [0.4, 0.5) is 0 Å². The number of ether oxygens (including phenoxy) is 1. The zero-order valence-corrected chi connectivity index (χ0v) is 11.4. The third-order valence-corrected chi connectivity index (χ3v) is 3.11. The molecule has 0 atom stereocenters. The van der Waals surface area contributed by atoms with Gasteiger partial charge < -0.3 is 4.74 Å². The van der Waals surface area contributed by atoms with Crippen molar-refractivity contribution in [2.24, 2.45) is 0 Å². The average molecular weight is 263 g/mol. The maximum Gasteiger partial charge on any atom is 0.226 e. The van der Waals surface area contributed by atoms with Crippen LogP contribution in [0.1, 0.15) is 30.9 Å². The number of para-hydroxylation sites is 1. The Kier molecular flexibility index (Phi) is 3.82. The monoisotopic (exact) mass is 262 g/mol. The second kappa shape index (κ2) is 5.36. The van der Waals surface area contributed by atoms with E-state index < -0.39 is 0 Å². The SMILES string of the molecule is Cc1c(Cl)ncnc1Oc1ccccc1C(C)C. The van der Waals surface area contributed by atoms with E-state index in [2.05, 4.69) is 29.9 Å². The van der Waals surface area contributed by atoms with E-state index in [9.17, 15) is 0 Å². The quantitative estimate of drug-likeness (QED) is 0.771. The summed E-state index contributed by atoms with van der Waals surface area (Å²) in [5.74, 6) is 1.70. The van der Waals surface area contributed by atoms with Crippen molar-refractivity contribution < 1.29 is 4.74 Å². The molecule has 1 aromatic carbocycles. The number of hydrogen-bond donors (Lipinski definition) is 0. The lowest BCUT2D eigenvalue weighted by Gasteiger charge is -2.14. The second-order valence-electron chi connectivity index (χ2n) is 4.39. The van der Waals surface area contributed by atoms with Crippen molar-refractivity contribution in [3.05, 3.63) is 46.9 Å². The van der Waals surface area contributed by atoms with Crippen LogP contribution in [0.15, 0.2) is 30.6 Å². The predicted octanol–water partition coefficient (Wildman–Crippen LogP) is 4.35. The standard InChI is InChI=1S/C14H15ClN2O/c1-9(2)11-6-4-5-7-12(11)18-14-10(3)13(15)16-8-17-14/h4-9H,1-3H3. The summed E-state index contributed by atoms with van der Waals surface area (Å²) < 4.78 is 5.85. The van der Waals surface area contributed by atoms with Gasteiger partial charge in [-0.05, 0) is 24.5 Å². The van der Waals surface area contributed by atoms with Crippen molar-refractivity contribution >= 4 is 11.6 Å². The molecular weight excluding hydrogens is 248 g/mol. The summed E-state index contributed by atoms with van der Waals surface area (Å²) in [4.78, 5) is 8.03. The first kappa shape index (κ1) is 12.8. The van der Waals surface area contributed by atoms with Gasteiger partial charge >= 0.3 is 0 Å². The van der Waals surface area contributed by atoms with E-state index in [-0.39, 0.29) is 0 Å². The first-order chi connectivity index (χ1) is 8.59. The molecule has 0 aliphatic carbocycles. The van der Waals surface area contributed by atoms with Crippen molar-refractivity contribution in [1.82, 2.24) is 9.97 Å².